The van der Waals surface area contributed by atoms with Gasteiger partial charge in [0.15, 0.2) is 11.6 Å². The van der Waals surface area contributed by atoms with Crippen molar-refractivity contribution in [2.45, 2.75) is 13.0 Å². The molecule has 0 saturated carbocycles. The van der Waals surface area contributed by atoms with Gasteiger partial charge in [-0.1, -0.05) is 12.1 Å². The minimum atomic E-state index is -0.526. The van der Waals surface area contributed by atoms with Crippen LogP contribution in [0.1, 0.15) is 22.2 Å². The molecule has 0 bridgehead atoms. The van der Waals surface area contributed by atoms with Crippen molar-refractivity contribution >= 4 is 16.9 Å². The van der Waals surface area contributed by atoms with E-state index in [0.717, 1.165) is 16.9 Å². The number of nitrogens with zero attached hydrogens (tertiary/aromatic N) is 3. The Kier molecular flexibility index (Phi) is 3.67. The summed E-state index contributed by atoms with van der Waals surface area (Å²) in [7, 11) is 1.40. The fourth-order valence-electron chi connectivity index (χ4n) is 3.39. The predicted octanol–water partition coefficient (Wildman–Crippen LogP) is 3.19. The monoisotopic (exact) mass is 339 g/mol. The van der Waals surface area contributed by atoms with Gasteiger partial charge in [0.1, 0.15) is 5.82 Å². The number of aryl methyl sites for hydroxylation is 1. The number of fused-ring (bicyclic) bond motifs is 1. The minimum Gasteiger partial charge on any atom is -0.494 e. The van der Waals surface area contributed by atoms with Gasteiger partial charge in [0.05, 0.1) is 24.2 Å². The molecule has 4 rings (SSSR count). The van der Waals surface area contributed by atoms with Crippen molar-refractivity contribution in [3.63, 3.8) is 0 Å². The molecule has 2 aromatic carbocycles. The third kappa shape index (κ3) is 2.54. The summed E-state index contributed by atoms with van der Waals surface area (Å²) in [6, 6.07) is 12.5. The SMILES string of the molecule is COc1ccc(C(=O)N2CC(n3c(C)nc4ccccc43)C2)cc1F. The largest absolute Gasteiger partial charge is 0.494 e. The van der Waals surface area contributed by atoms with Gasteiger partial charge in [0.2, 0.25) is 0 Å². The summed E-state index contributed by atoms with van der Waals surface area (Å²) >= 11 is 0. The molecule has 2 heterocycles. The van der Waals surface area contributed by atoms with E-state index in [4.69, 9.17) is 4.74 Å². The lowest BCUT2D eigenvalue weighted by molar-refractivity contribution is 0.0522. The maximum atomic E-state index is 13.8. The summed E-state index contributed by atoms with van der Waals surface area (Å²) in [5.74, 6) is 0.383. The van der Waals surface area contributed by atoms with Crippen molar-refractivity contribution in [2.24, 2.45) is 0 Å². The van der Waals surface area contributed by atoms with Gasteiger partial charge in [0.25, 0.3) is 5.91 Å². The number of imidazole rings is 1. The zero-order valence-corrected chi connectivity index (χ0v) is 14.1. The molecule has 1 amide bonds. The van der Waals surface area contributed by atoms with E-state index in [2.05, 4.69) is 9.55 Å². The molecule has 1 aromatic heterocycles. The van der Waals surface area contributed by atoms with Crippen molar-refractivity contribution in [3.05, 3.63) is 59.7 Å². The lowest BCUT2D eigenvalue weighted by Crippen LogP contribution is -2.50. The molecule has 0 unspecified atom stereocenters. The zero-order chi connectivity index (χ0) is 17.6. The van der Waals surface area contributed by atoms with Crippen LogP contribution in [0.2, 0.25) is 0 Å². The number of benzene rings is 2. The van der Waals surface area contributed by atoms with E-state index in [9.17, 15) is 9.18 Å². The van der Waals surface area contributed by atoms with Crippen LogP contribution in [-0.2, 0) is 0 Å². The molecule has 3 aromatic rings. The van der Waals surface area contributed by atoms with Crippen LogP contribution in [0, 0.1) is 12.7 Å². The Balaban J connectivity index is 1.52. The Morgan fingerprint density at radius 3 is 2.72 bits per heavy atom. The highest BCUT2D eigenvalue weighted by Crippen LogP contribution is 2.29. The number of carbonyl (C=O) groups excluding carboxylic acids is 1. The van der Waals surface area contributed by atoms with Crippen LogP contribution < -0.4 is 4.74 Å². The quantitative estimate of drug-likeness (QED) is 0.736. The van der Waals surface area contributed by atoms with Crippen molar-refractivity contribution in [2.75, 3.05) is 20.2 Å². The van der Waals surface area contributed by atoms with Gasteiger partial charge in [-0.2, -0.15) is 0 Å². The highest BCUT2D eigenvalue weighted by Gasteiger charge is 2.34. The number of hydrogen-bond donors (Lipinski definition) is 0. The molecule has 0 N–H and O–H groups in total. The Morgan fingerprint density at radius 2 is 2.00 bits per heavy atom. The van der Waals surface area contributed by atoms with Crippen LogP contribution in [-0.4, -0.2) is 40.6 Å². The summed E-state index contributed by atoms with van der Waals surface area (Å²) in [6.07, 6.45) is 0. The van der Waals surface area contributed by atoms with E-state index in [0.29, 0.717) is 18.7 Å². The van der Waals surface area contributed by atoms with Gasteiger partial charge in [0, 0.05) is 18.7 Å². The van der Waals surface area contributed by atoms with E-state index >= 15 is 0 Å². The third-order valence-corrected chi connectivity index (χ3v) is 4.69. The number of methoxy groups -OCH3 is 1. The normalized spacial score (nSPS) is 14.6. The van der Waals surface area contributed by atoms with Crippen LogP contribution >= 0.6 is 0 Å². The average molecular weight is 339 g/mol. The first kappa shape index (κ1) is 15.6. The van der Waals surface area contributed by atoms with Crippen LogP contribution in [0.15, 0.2) is 42.5 Å². The van der Waals surface area contributed by atoms with E-state index < -0.39 is 5.82 Å². The number of rotatable bonds is 3. The molecular formula is C19H18FN3O2. The summed E-state index contributed by atoms with van der Waals surface area (Å²) in [5.41, 5.74) is 2.37. The van der Waals surface area contributed by atoms with Crippen LogP contribution in [0.5, 0.6) is 5.75 Å². The maximum absolute atomic E-state index is 13.8. The Bertz CT molecular complexity index is 960. The number of ether oxygens (including phenoxy) is 1. The molecule has 0 atom stereocenters. The molecule has 128 valence electrons. The molecule has 0 radical (unpaired) electrons. The van der Waals surface area contributed by atoms with Gasteiger partial charge in [-0.3, -0.25) is 4.79 Å². The van der Waals surface area contributed by atoms with Crippen molar-refractivity contribution < 1.29 is 13.9 Å². The number of amides is 1. The average Bonchev–Trinajstić information content (AvgIpc) is 2.89. The number of hydrogen-bond acceptors (Lipinski definition) is 3. The molecule has 1 aliphatic rings. The molecule has 0 spiro atoms. The summed E-state index contributed by atoms with van der Waals surface area (Å²) in [5, 5.41) is 0. The van der Waals surface area contributed by atoms with E-state index in [1.807, 2.05) is 31.2 Å². The van der Waals surface area contributed by atoms with Gasteiger partial charge >= 0.3 is 0 Å². The number of para-hydroxylation sites is 2. The smallest absolute Gasteiger partial charge is 0.254 e. The highest BCUT2D eigenvalue weighted by atomic mass is 19.1. The number of likely N-dealkylation sites (tertiary alicyclic amines) is 1. The summed E-state index contributed by atoms with van der Waals surface area (Å²) in [4.78, 5) is 18.8. The van der Waals surface area contributed by atoms with Crippen molar-refractivity contribution in [3.8, 4) is 5.75 Å². The Labute approximate surface area is 144 Å². The maximum Gasteiger partial charge on any atom is 0.254 e. The number of aromatic nitrogens is 2. The molecule has 1 aliphatic heterocycles. The molecule has 6 heteroatoms. The lowest BCUT2D eigenvalue weighted by Gasteiger charge is -2.40. The summed E-state index contributed by atoms with van der Waals surface area (Å²) < 4.78 is 20.9. The minimum absolute atomic E-state index is 0.138. The predicted molar refractivity (Wildman–Crippen MR) is 92.4 cm³/mol. The van der Waals surface area contributed by atoms with Gasteiger partial charge in [-0.25, -0.2) is 9.37 Å². The van der Waals surface area contributed by atoms with Gasteiger partial charge in [-0.05, 0) is 37.3 Å². The van der Waals surface area contributed by atoms with E-state index in [1.165, 1.54) is 19.2 Å². The van der Waals surface area contributed by atoms with E-state index in [1.54, 1.807) is 11.0 Å². The first-order valence-electron chi connectivity index (χ1n) is 8.15. The molecule has 25 heavy (non-hydrogen) atoms. The van der Waals surface area contributed by atoms with Crippen molar-refractivity contribution in [1.82, 2.24) is 14.5 Å². The Morgan fingerprint density at radius 1 is 1.24 bits per heavy atom. The third-order valence-electron chi connectivity index (χ3n) is 4.69. The fraction of sp³-hybridized carbons (Fsp3) is 0.263. The lowest BCUT2D eigenvalue weighted by atomic mass is 10.1. The van der Waals surface area contributed by atoms with Crippen LogP contribution in [0.3, 0.4) is 0 Å². The highest BCUT2D eigenvalue weighted by molar-refractivity contribution is 5.95. The molecule has 5 nitrogen and oxygen atoms in total. The van der Waals surface area contributed by atoms with Gasteiger partial charge in [-0.15, -0.1) is 0 Å². The topological polar surface area (TPSA) is 47.4 Å². The van der Waals surface area contributed by atoms with Crippen LogP contribution in [0.4, 0.5) is 4.39 Å². The molecule has 1 saturated heterocycles. The number of carbonyl (C=O) groups is 1. The molecular weight excluding hydrogens is 321 g/mol. The summed E-state index contributed by atoms with van der Waals surface area (Å²) in [6.45, 7) is 3.16. The second kappa shape index (κ2) is 5.88. The van der Waals surface area contributed by atoms with Gasteiger partial charge < -0.3 is 14.2 Å². The second-order valence-electron chi connectivity index (χ2n) is 6.23. The number of halogens is 1. The second-order valence-corrected chi connectivity index (χ2v) is 6.23. The van der Waals surface area contributed by atoms with Crippen molar-refractivity contribution in [1.29, 1.82) is 0 Å². The molecule has 0 aliphatic carbocycles. The first-order valence-corrected chi connectivity index (χ1v) is 8.15. The first-order chi connectivity index (χ1) is 12.1. The zero-order valence-electron chi connectivity index (χ0n) is 14.1. The fourth-order valence-corrected chi connectivity index (χ4v) is 3.39. The standard InChI is InChI=1S/C19H18FN3O2/c1-12-21-16-5-3-4-6-17(16)23(12)14-10-22(11-14)19(24)13-7-8-18(25-2)15(20)9-13/h3-9,14H,10-11H2,1-2H3. The molecule has 1 fully saturated rings. The van der Waals surface area contributed by atoms with Crippen LogP contribution in [0.25, 0.3) is 11.0 Å². The Hall–Kier alpha value is -2.89. The van der Waals surface area contributed by atoms with E-state index in [-0.39, 0.29) is 17.7 Å².